The lowest BCUT2D eigenvalue weighted by Gasteiger charge is -2.32. The number of pyridine rings is 1. The maximum atomic E-state index is 4.48. The summed E-state index contributed by atoms with van der Waals surface area (Å²) in [5.74, 6) is 1.92. The molecule has 0 bridgehead atoms. The van der Waals surface area contributed by atoms with Crippen molar-refractivity contribution >= 4 is 21.7 Å². The van der Waals surface area contributed by atoms with Gasteiger partial charge in [0.1, 0.15) is 5.82 Å². The SMILES string of the molecule is Cc1cc(N2CCCC(C)C2)ncc1Br. The Morgan fingerprint density at radius 1 is 1.53 bits per heavy atom. The quantitative estimate of drug-likeness (QED) is 0.776. The van der Waals surface area contributed by atoms with Gasteiger partial charge in [0.2, 0.25) is 0 Å². The predicted octanol–water partition coefficient (Wildman–Crippen LogP) is 3.39. The second kappa shape index (κ2) is 4.52. The fourth-order valence-electron chi connectivity index (χ4n) is 2.09. The number of aryl methyl sites for hydroxylation is 1. The lowest BCUT2D eigenvalue weighted by Crippen LogP contribution is -2.34. The molecular formula is C12H17BrN2. The predicted molar refractivity (Wildman–Crippen MR) is 67.3 cm³/mol. The Morgan fingerprint density at radius 2 is 2.33 bits per heavy atom. The highest BCUT2D eigenvalue weighted by molar-refractivity contribution is 9.10. The van der Waals surface area contributed by atoms with Crippen molar-refractivity contribution in [1.82, 2.24) is 4.98 Å². The first-order valence-corrected chi connectivity index (χ1v) is 6.33. The van der Waals surface area contributed by atoms with Crippen molar-refractivity contribution in [3.05, 3.63) is 22.3 Å². The Morgan fingerprint density at radius 3 is 3.00 bits per heavy atom. The van der Waals surface area contributed by atoms with Gasteiger partial charge < -0.3 is 4.90 Å². The molecule has 15 heavy (non-hydrogen) atoms. The van der Waals surface area contributed by atoms with Crippen LogP contribution >= 0.6 is 15.9 Å². The largest absolute Gasteiger partial charge is 0.356 e. The van der Waals surface area contributed by atoms with E-state index >= 15 is 0 Å². The van der Waals surface area contributed by atoms with Gasteiger partial charge in [0.15, 0.2) is 0 Å². The summed E-state index contributed by atoms with van der Waals surface area (Å²) in [6.07, 6.45) is 4.55. The summed E-state index contributed by atoms with van der Waals surface area (Å²) in [5, 5.41) is 0. The molecule has 1 atom stereocenters. The number of piperidine rings is 1. The van der Waals surface area contributed by atoms with Crippen LogP contribution in [0.15, 0.2) is 16.7 Å². The summed E-state index contributed by atoms with van der Waals surface area (Å²) in [5.41, 5.74) is 1.26. The second-order valence-corrected chi connectivity index (χ2v) is 5.34. The minimum absolute atomic E-state index is 0.796. The molecule has 0 saturated carbocycles. The molecule has 1 fully saturated rings. The average molecular weight is 269 g/mol. The molecule has 1 aromatic heterocycles. The molecule has 2 rings (SSSR count). The fraction of sp³-hybridized carbons (Fsp3) is 0.583. The first-order chi connectivity index (χ1) is 7.16. The van der Waals surface area contributed by atoms with Crippen molar-refractivity contribution in [2.75, 3.05) is 18.0 Å². The molecule has 2 heterocycles. The van der Waals surface area contributed by atoms with Crippen LogP contribution in [-0.2, 0) is 0 Å². The van der Waals surface area contributed by atoms with Gasteiger partial charge in [-0.3, -0.25) is 0 Å². The van der Waals surface area contributed by atoms with Gasteiger partial charge in [-0.2, -0.15) is 0 Å². The summed E-state index contributed by atoms with van der Waals surface area (Å²) in [4.78, 5) is 6.87. The molecule has 0 N–H and O–H groups in total. The third-order valence-corrected chi connectivity index (χ3v) is 3.84. The highest BCUT2D eigenvalue weighted by Crippen LogP contribution is 2.24. The van der Waals surface area contributed by atoms with Crippen LogP contribution in [0.2, 0.25) is 0 Å². The van der Waals surface area contributed by atoms with E-state index in [1.807, 2.05) is 6.20 Å². The monoisotopic (exact) mass is 268 g/mol. The molecule has 82 valence electrons. The van der Waals surface area contributed by atoms with Crippen LogP contribution in [0.1, 0.15) is 25.3 Å². The molecule has 3 heteroatoms. The third kappa shape index (κ3) is 2.51. The van der Waals surface area contributed by atoms with E-state index in [1.165, 1.54) is 18.4 Å². The van der Waals surface area contributed by atoms with E-state index in [0.29, 0.717) is 0 Å². The van der Waals surface area contributed by atoms with Gasteiger partial charge in [-0.15, -0.1) is 0 Å². The van der Waals surface area contributed by atoms with Gasteiger partial charge in [-0.25, -0.2) is 4.98 Å². The molecule has 0 radical (unpaired) electrons. The molecule has 0 spiro atoms. The van der Waals surface area contributed by atoms with Crippen LogP contribution in [-0.4, -0.2) is 18.1 Å². The first kappa shape index (κ1) is 10.9. The first-order valence-electron chi connectivity index (χ1n) is 5.54. The van der Waals surface area contributed by atoms with E-state index in [9.17, 15) is 0 Å². The Kier molecular flexibility index (Phi) is 3.29. The molecule has 1 saturated heterocycles. The number of halogens is 1. The topological polar surface area (TPSA) is 16.1 Å². The van der Waals surface area contributed by atoms with Gasteiger partial charge in [0, 0.05) is 23.8 Å². The summed E-state index contributed by atoms with van der Waals surface area (Å²) in [6, 6.07) is 2.17. The normalized spacial score (nSPS) is 21.8. The number of aromatic nitrogens is 1. The Balaban J connectivity index is 2.18. The van der Waals surface area contributed by atoms with Crippen molar-refractivity contribution in [2.24, 2.45) is 5.92 Å². The Bertz CT molecular complexity index is 351. The van der Waals surface area contributed by atoms with Crippen molar-refractivity contribution in [3.63, 3.8) is 0 Å². The number of anilines is 1. The smallest absolute Gasteiger partial charge is 0.128 e. The van der Waals surface area contributed by atoms with E-state index in [-0.39, 0.29) is 0 Å². The Hall–Kier alpha value is -0.570. The van der Waals surface area contributed by atoms with E-state index in [0.717, 1.165) is 29.3 Å². The Labute approximate surface area is 99.8 Å². The van der Waals surface area contributed by atoms with Gasteiger partial charge in [0.25, 0.3) is 0 Å². The molecule has 0 aliphatic carbocycles. The molecule has 1 unspecified atom stereocenters. The number of hydrogen-bond donors (Lipinski definition) is 0. The van der Waals surface area contributed by atoms with E-state index < -0.39 is 0 Å². The standard InChI is InChI=1S/C12H17BrN2/c1-9-4-3-5-15(8-9)12-6-10(2)11(13)7-14-12/h6-7,9H,3-5,8H2,1-2H3. The van der Waals surface area contributed by atoms with Gasteiger partial charge in [0.05, 0.1) is 0 Å². The average Bonchev–Trinajstić information content (AvgIpc) is 2.22. The summed E-state index contributed by atoms with van der Waals surface area (Å²) in [7, 11) is 0. The van der Waals surface area contributed by atoms with Gasteiger partial charge in [-0.05, 0) is 53.2 Å². The van der Waals surface area contributed by atoms with Crippen molar-refractivity contribution in [3.8, 4) is 0 Å². The minimum Gasteiger partial charge on any atom is -0.356 e. The van der Waals surface area contributed by atoms with Crippen LogP contribution in [0.4, 0.5) is 5.82 Å². The molecule has 0 aromatic carbocycles. The zero-order valence-electron chi connectivity index (χ0n) is 9.33. The molecule has 1 aliphatic heterocycles. The lowest BCUT2D eigenvalue weighted by molar-refractivity contribution is 0.444. The van der Waals surface area contributed by atoms with Gasteiger partial charge >= 0.3 is 0 Å². The van der Waals surface area contributed by atoms with Gasteiger partial charge in [-0.1, -0.05) is 6.92 Å². The van der Waals surface area contributed by atoms with Crippen LogP contribution in [0, 0.1) is 12.8 Å². The minimum atomic E-state index is 0.796. The second-order valence-electron chi connectivity index (χ2n) is 4.49. The van der Waals surface area contributed by atoms with Crippen molar-refractivity contribution in [1.29, 1.82) is 0 Å². The lowest BCUT2D eigenvalue weighted by atomic mass is 10.0. The number of rotatable bonds is 1. The fourth-order valence-corrected chi connectivity index (χ4v) is 2.31. The molecule has 1 aliphatic rings. The number of hydrogen-bond acceptors (Lipinski definition) is 2. The third-order valence-electron chi connectivity index (χ3n) is 3.01. The van der Waals surface area contributed by atoms with E-state index in [2.05, 4.69) is 45.7 Å². The number of nitrogens with zero attached hydrogens (tertiary/aromatic N) is 2. The van der Waals surface area contributed by atoms with Crippen LogP contribution in [0.25, 0.3) is 0 Å². The molecule has 0 amide bonds. The highest BCUT2D eigenvalue weighted by Gasteiger charge is 2.17. The summed E-state index contributed by atoms with van der Waals surface area (Å²) in [6.45, 7) is 6.73. The van der Waals surface area contributed by atoms with Crippen molar-refractivity contribution < 1.29 is 0 Å². The highest BCUT2D eigenvalue weighted by atomic mass is 79.9. The van der Waals surface area contributed by atoms with Crippen molar-refractivity contribution in [2.45, 2.75) is 26.7 Å². The van der Waals surface area contributed by atoms with E-state index in [4.69, 9.17) is 0 Å². The molecular weight excluding hydrogens is 252 g/mol. The van der Waals surface area contributed by atoms with Crippen LogP contribution < -0.4 is 4.90 Å². The molecule has 1 aromatic rings. The summed E-state index contributed by atoms with van der Waals surface area (Å²) < 4.78 is 1.09. The molecule has 2 nitrogen and oxygen atoms in total. The van der Waals surface area contributed by atoms with Crippen LogP contribution in [0.5, 0.6) is 0 Å². The maximum absolute atomic E-state index is 4.48. The summed E-state index contributed by atoms with van der Waals surface area (Å²) >= 11 is 3.48. The zero-order chi connectivity index (χ0) is 10.8. The van der Waals surface area contributed by atoms with E-state index in [1.54, 1.807) is 0 Å². The maximum Gasteiger partial charge on any atom is 0.128 e. The van der Waals surface area contributed by atoms with Crippen LogP contribution in [0.3, 0.4) is 0 Å². The zero-order valence-corrected chi connectivity index (χ0v) is 10.9.